The second kappa shape index (κ2) is 4.12. The summed E-state index contributed by atoms with van der Waals surface area (Å²) in [7, 11) is 0. The number of carbonyl (C=O) groups is 1. The third-order valence-electron chi connectivity index (χ3n) is 1.58. The summed E-state index contributed by atoms with van der Waals surface area (Å²) in [6.45, 7) is 7.81. The van der Waals surface area contributed by atoms with E-state index in [2.05, 4.69) is 20.8 Å². The number of hydrogen-bond donors (Lipinski definition) is 1. The van der Waals surface area contributed by atoms with Crippen LogP contribution in [-0.4, -0.2) is 16.9 Å². The summed E-state index contributed by atoms with van der Waals surface area (Å²) in [6.07, 6.45) is 0. The maximum absolute atomic E-state index is 10.6. The molecule has 0 aliphatic rings. The van der Waals surface area contributed by atoms with Crippen LogP contribution in [0.25, 0.3) is 0 Å². The number of carbonyl (C=O) groups excluding carboxylic acids is 1. The highest BCUT2D eigenvalue weighted by Crippen LogP contribution is 2.20. The largest absolute Gasteiger partial charge is 0.326 e. The van der Waals surface area contributed by atoms with Gasteiger partial charge >= 0.3 is 0 Å². The molecule has 66 valence electrons. The normalized spacial score (nSPS) is 14.6. The van der Waals surface area contributed by atoms with Crippen LogP contribution in [0.5, 0.6) is 0 Å². The molecule has 0 rings (SSSR count). The van der Waals surface area contributed by atoms with Gasteiger partial charge in [0.2, 0.25) is 0 Å². The number of hydrogen-bond acceptors (Lipinski definition) is 3. The summed E-state index contributed by atoms with van der Waals surface area (Å²) >= 11 is 1.30. The topological polar surface area (TPSA) is 43.1 Å². The van der Waals surface area contributed by atoms with E-state index in [1.165, 1.54) is 11.8 Å². The van der Waals surface area contributed by atoms with E-state index >= 15 is 0 Å². The van der Waals surface area contributed by atoms with E-state index in [0.29, 0.717) is 0 Å². The van der Waals surface area contributed by atoms with Gasteiger partial charge in [-0.15, -0.1) is 0 Å². The molecular formula is C8H17NOS. The van der Waals surface area contributed by atoms with Gasteiger partial charge in [-0.3, -0.25) is 4.79 Å². The predicted octanol–water partition coefficient (Wildman–Crippen LogP) is 1.64. The number of rotatable bonds is 2. The zero-order valence-corrected chi connectivity index (χ0v) is 8.49. The summed E-state index contributed by atoms with van der Waals surface area (Å²) in [6, 6.07) is 0.0939. The molecule has 0 aromatic carbocycles. The van der Waals surface area contributed by atoms with E-state index in [9.17, 15) is 4.79 Å². The van der Waals surface area contributed by atoms with Gasteiger partial charge in [-0.1, -0.05) is 32.5 Å². The van der Waals surface area contributed by atoms with Crippen LogP contribution in [0.4, 0.5) is 0 Å². The molecule has 0 aromatic heterocycles. The minimum Gasteiger partial charge on any atom is -0.326 e. The van der Waals surface area contributed by atoms with Crippen molar-refractivity contribution in [2.24, 2.45) is 11.1 Å². The molecule has 0 aliphatic carbocycles. The summed E-state index contributed by atoms with van der Waals surface area (Å²) in [5, 5.41) is 0.143. The van der Waals surface area contributed by atoms with E-state index in [1.54, 1.807) is 6.92 Å². The molecule has 0 saturated heterocycles. The van der Waals surface area contributed by atoms with Crippen LogP contribution in [0.3, 0.4) is 0 Å². The Morgan fingerprint density at radius 1 is 1.55 bits per heavy atom. The lowest BCUT2D eigenvalue weighted by Crippen LogP contribution is -2.37. The van der Waals surface area contributed by atoms with Crippen LogP contribution in [-0.2, 0) is 4.79 Å². The van der Waals surface area contributed by atoms with Crippen molar-refractivity contribution in [3.05, 3.63) is 0 Å². The molecule has 0 bridgehead atoms. The van der Waals surface area contributed by atoms with Crippen molar-refractivity contribution >= 4 is 16.9 Å². The van der Waals surface area contributed by atoms with E-state index in [-0.39, 0.29) is 16.6 Å². The quantitative estimate of drug-likeness (QED) is 0.694. The summed E-state index contributed by atoms with van der Waals surface area (Å²) < 4.78 is 0. The third-order valence-corrected chi connectivity index (χ3v) is 2.51. The Bertz CT molecular complexity index is 140. The predicted molar refractivity (Wildman–Crippen MR) is 50.6 cm³/mol. The third kappa shape index (κ3) is 5.27. The van der Waals surface area contributed by atoms with Crippen molar-refractivity contribution < 1.29 is 4.79 Å². The average molecular weight is 175 g/mol. The molecule has 0 radical (unpaired) electrons. The van der Waals surface area contributed by atoms with Crippen LogP contribution >= 0.6 is 11.8 Å². The zero-order chi connectivity index (χ0) is 9.07. The molecule has 0 saturated carbocycles. The molecule has 1 unspecified atom stereocenters. The molecule has 2 nitrogen and oxygen atoms in total. The second-order valence-electron chi connectivity index (χ2n) is 3.78. The van der Waals surface area contributed by atoms with Gasteiger partial charge in [0.1, 0.15) is 0 Å². The van der Waals surface area contributed by atoms with Gasteiger partial charge in [0, 0.05) is 18.7 Å². The Morgan fingerprint density at radius 2 is 2.00 bits per heavy atom. The lowest BCUT2D eigenvalue weighted by Gasteiger charge is -2.26. The number of thioether (sulfide) groups is 1. The molecule has 11 heavy (non-hydrogen) atoms. The first-order valence-corrected chi connectivity index (χ1v) is 4.71. The maximum Gasteiger partial charge on any atom is 0.185 e. The number of nitrogens with two attached hydrogens (primary N) is 1. The van der Waals surface area contributed by atoms with Gasteiger partial charge in [-0.25, -0.2) is 0 Å². The Balaban J connectivity index is 3.70. The summed E-state index contributed by atoms with van der Waals surface area (Å²) in [5.41, 5.74) is 5.93. The highest BCUT2D eigenvalue weighted by Gasteiger charge is 2.20. The van der Waals surface area contributed by atoms with Gasteiger partial charge in [0.25, 0.3) is 0 Å². The first-order valence-electron chi connectivity index (χ1n) is 3.73. The van der Waals surface area contributed by atoms with Gasteiger partial charge in [0.05, 0.1) is 0 Å². The smallest absolute Gasteiger partial charge is 0.185 e. The van der Waals surface area contributed by atoms with Crippen molar-refractivity contribution in [2.45, 2.75) is 33.7 Å². The minimum absolute atomic E-state index is 0.0939. The molecule has 1 atom stereocenters. The van der Waals surface area contributed by atoms with Crippen LogP contribution in [0, 0.1) is 5.41 Å². The standard InChI is InChI=1S/C8H17NOS/c1-6(10)11-5-7(9)8(2,3)4/h7H,5,9H2,1-4H3. The molecule has 0 amide bonds. The van der Waals surface area contributed by atoms with Crippen molar-refractivity contribution in [2.75, 3.05) is 5.75 Å². The van der Waals surface area contributed by atoms with Crippen LogP contribution < -0.4 is 5.73 Å². The fraction of sp³-hybridized carbons (Fsp3) is 0.875. The molecule has 0 heterocycles. The molecule has 0 spiro atoms. The van der Waals surface area contributed by atoms with Gasteiger partial charge in [-0.2, -0.15) is 0 Å². The Morgan fingerprint density at radius 3 is 2.27 bits per heavy atom. The maximum atomic E-state index is 10.6. The molecule has 0 aliphatic heterocycles. The molecule has 3 heteroatoms. The summed E-state index contributed by atoms with van der Waals surface area (Å²) in [4.78, 5) is 10.6. The van der Waals surface area contributed by atoms with E-state index in [0.717, 1.165) is 5.75 Å². The fourth-order valence-electron chi connectivity index (χ4n) is 0.457. The Labute approximate surface area is 72.9 Å². The van der Waals surface area contributed by atoms with Crippen LogP contribution in [0.1, 0.15) is 27.7 Å². The zero-order valence-electron chi connectivity index (χ0n) is 7.68. The van der Waals surface area contributed by atoms with Crippen molar-refractivity contribution in [1.29, 1.82) is 0 Å². The van der Waals surface area contributed by atoms with Crippen molar-refractivity contribution in [3.63, 3.8) is 0 Å². The minimum atomic E-state index is 0.0939. The first kappa shape index (κ1) is 11.0. The van der Waals surface area contributed by atoms with Gasteiger partial charge in [-0.05, 0) is 5.41 Å². The molecular weight excluding hydrogens is 158 g/mol. The fourth-order valence-corrected chi connectivity index (χ4v) is 1.37. The Kier molecular flexibility index (Phi) is 4.11. The van der Waals surface area contributed by atoms with Gasteiger partial charge in [0.15, 0.2) is 5.12 Å². The lowest BCUT2D eigenvalue weighted by molar-refractivity contribution is -0.109. The monoisotopic (exact) mass is 175 g/mol. The Hall–Kier alpha value is -0.0200. The summed E-state index contributed by atoms with van der Waals surface area (Å²) in [5.74, 6) is 0.721. The molecule has 0 fully saturated rings. The molecule has 0 aromatic rings. The van der Waals surface area contributed by atoms with Gasteiger partial charge < -0.3 is 5.73 Å². The second-order valence-corrected chi connectivity index (χ2v) is 4.97. The van der Waals surface area contributed by atoms with Crippen molar-refractivity contribution in [3.8, 4) is 0 Å². The highest BCUT2D eigenvalue weighted by molar-refractivity contribution is 8.13. The first-order chi connectivity index (χ1) is 4.84. The van der Waals surface area contributed by atoms with Crippen molar-refractivity contribution in [1.82, 2.24) is 0 Å². The average Bonchev–Trinajstić information content (AvgIpc) is 1.80. The van der Waals surface area contributed by atoms with E-state index in [4.69, 9.17) is 5.73 Å². The highest BCUT2D eigenvalue weighted by atomic mass is 32.2. The van der Waals surface area contributed by atoms with Crippen LogP contribution in [0.2, 0.25) is 0 Å². The van der Waals surface area contributed by atoms with E-state index < -0.39 is 0 Å². The molecule has 2 N–H and O–H groups in total. The van der Waals surface area contributed by atoms with E-state index in [1.807, 2.05) is 0 Å². The van der Waals surface area contributed by atoms with Crippen LogP contribution in [0.15, 0.2) is 0 Å². The SMILES string of the molecule is CC(=O)SCC(N)C(C)(C)C. The lowest BCUT2D eigenvalue weighted by atomic mass is 9.89.